The Morgan fingerprint density at radius 2 is 2.10 bits per heavy atom. The van der Waals surface area contributed by atoms with Gasteiger partial charge in [0.05, 0.1) is 12.0 Å². The molecule has 0 saturated carbocycles. The largest absolute Gasteiger partial charge is 0.481 e. The van der Waals surface area contributed by atoms with E-state index >= 15 is 0 Å². The second-order valence-electron chi connectivity index (χ2n) is 5.80. The lowest BCUT2D eigenvalue weighted by molar-refractivity contribution is -0.141. The molecule has 1 aromatic rings. The van der Waals surface area contributed by atoms with Crippen molar-refractivity contribution in [3.05, 3.63) is 29.3 Å². The standard InChI is InChI=1S/C16H22N2O3/c1-10-4-5-14(11(2)8-10)17-15(19)12(3)18-7-6-13(9-18)16(20)21/h4-5,8,12-13H,6-7,9H2,1-3H3,(H,17,19)(H,20,21). The minimum absolute atomic E-state index is 0.0898. The quantitative estimate of drug-likeness (QED) is 0.890. The summed E-state index contributed by atoms with van der Waals surface area (Å²) in [6.45, 7) is 6.89. The SMILES string of the molecule is Cc1ccc(NC(=O)C(C)N2CCC(C(=O)O)C2)c(C)c1. The van der Waals surface area contributed by atoms with Gasteiger partial charge in [0.25, 0.3) is 0 Å². The van der Waals surface area contributed by atoms with Crippen LogP contribution in [0.15, 0.2) is 18.2 Å². The number of carboxylic acids is 1. The third-order valence-corrected chi connectivity index (χ3v) is 4.14. The minimum atomic E-state index is -0.778. The normalized spacial score (nSPS) is 20.2. The first-order valence-corrected chi connectivity index (χ1v) is 7.23. The molecule has 1 aliphatic rings. The van der Waals surface area contributed by atoms with Crippen LogP contribution in [0, 0.1) is 19.8 Å². The third-order valence-electron chi connectivity index (χ3n) is 4.14. The Balaban J connectivity index is 1.98. The number of likely N-dealkylation sites (tertiary alicyclic amines) is 1. The molecule has 0 aliphatic carbocycles. The van der Waals surface area contributed by atoms with Crippen LogP contribution >= 0.6 is 0 Å². The third kappa shape index (κ3) is 3.61. The second kappa shape index (κ2) is 6.26. The van der Waals surface area contributed by atoms with Gasteiger partial charge in [0, 0.05) is 12.2 Å². The highest BCUT2D eigenvalue weighted by atomic mass is 16.4. The van der Waals surface area contributed by atoms with Gasteiger partial charge < -0.3 is 10.4 Å². The number of carbonyl (C=O) groups is 2. The van der Waals surface area contributed by atoms with Gasteiger partial charge in [-0.25, -0.2) is 0 Å². The van der Waals surface area contributed by atoms with Crippen LogP contribution in [0.4, 0.5) is 5.69 Å². The molecular formula is C16H22N2O3. The monoisotopic (exact) mass is 290 g/mol. The van der Waals surface area contributed by atoms with Crippen molar-refractivity contribution in [1.29, 1.82) is 0 Å². The summed E-state index contributed by atoms with van der Waals surface area (Å²) in [5.74, 6) is -1.23. The number of benzene rings is 1. The van der Waals surface area contributed by atoms with E-state index in [4.69, 9.17) is 5.11 Å². The first kappa shape index (κ1) is 15.5. The summed E-state index contributed by atoms with van der Waals surface area (Å²) in [6, 6.07) is 5.56. The Kier molecular flexibility index (Phi) is 4.63. The molecule has 1 aliphatic heterocycles. The number of carbonyl (C=O) groups excluding carboxylic acids is 1. The highest BCUT2D eigenvalue weighted by Crippen LogP contribution is 2.21. The zero-order valence-electron chi connectivity index (χ0n) is 12.7. The molecule has 1 fully saturated rings. The Hall–Kier alpha value is -1.88. The first-order chi connectivity index (χ1) is 9.88. The molecule has 2 atom stereocenters. The summed E-state index contributed by atoms with van der Waals surface area (Å²) in [5, 5.41) is 12.0. The summed E-state index contributed by atoms with van der Waals surface area (Å²) in [4.78, 5) is 25.2. The van der Waals surface area contributed by atoms with Gasteiger partial charge >= 0.3 is 5.97 Å². The summed E-state index contributed by atoms with van der Waals surface area (Å²) in [7, 11) is 0. The average molecular weight is 290 g/mol. The van der Waals surface area contributed by atoms with Crippen molar-refractivity contribution >= 4 is 17.6 Å². The minimum Gasteiger partial charge on any atom is -0.481 e. The second-order valence-corrected chi connectivity index (χ2v) is 5.80. The summed E-state index contributed by atoms with van der Waals surface area (Å²) >= 11 is 0. The van der Waals surface area contributed by atoms with Crippen LogP contribution in [0.3, 0.4) is 0 Å². The van der Waals surface area contributed by atoms with E-state index in [9.17, 15) is 9.59 Å². The molecule has 0 spiro atoms. The van der Waals surface area contributed by atoms with Gasteiger partial charge in [0.1, 0.15) is 0 Å². The topological polar surface area (TPSA) is 69.6 Å². The molecule has 0 aromatic heterocycles. The molecule has 114 valence electrons. The molecule has 2 unspecified atom stereocenters. The van der Waals surface area contributed by atoms with E-state index in [2.05, 4.69) is 5.32 Å². The molecule has 1 amide bonds. The lowest BCUT2D eigenvalue weighted by atomic mass is 10.1. The lowest BCUT2D eigenvalue weighted by Gasteiger charge is -2.23. The number of nitrogens with one attached hydrogen (secondary N) is 1. The van der Waals surface area contributed by atoms with E-state index in [1.165, 1.54) is 0 Å². The van der Waals surface area contributed by atoms with Crippen molar-refractivity contribution < 1.29 is 14.7 Å². The molecule has 1 aromatic carbocycles. The van der Waals surface area contributed by atoms with Crippen molar-refractivity contribution in [2.24, 2.45) is 5.92 Å². The summed E-state index contributed by atoms with van der Waals surface area (Å²) < 4.78 is 0. The fourth-order valence-electron chi connectivity index (χ4n) is 2.70. The van der Waals surface area contributed by atoms with E-state index in [1.54, 1.807) is 0 Å². The van der Waals surface area contributed by atoms with E-state index < -0.39 is 5.97 Å². The lowest BCUT2D eigenvalue weighted by Crippen LogP contribution is -2.41. The van der Waals surface area contributed by atoms with Crippen LogP contribution in [0.5, 0.6) is 0 Å². The maximum atomic E-state index is 12.3. The van der Waals surface area contributed by atoms with Gasteiger partial charge in [-0.3, -0.25) is 14.5 Å². The highest BCUT2D eigenvalue weighted by Gasteiger charge is 2.33. The van der Waals surface area contributed by atoms with Crippen molar-refractivity contribution in [3.8, 4) is 0 Å². The van der Waals surface area contributed by atoms with E-state index in [0.717, 1.165) is 16.8 Å². The van der Waals surface area contributed by atoms with Crippen molar-refractivity contribution in [2.45, 2.75) is 33.2 Å². The number of aryl methyl sites for hydroxylation is 2. The van der Waals surface area contributed by atoms with Crippen LogP contribution in [0.1, 0.15) is 24.5 Å². The Labute approximate surface area is 125 Å². The molecule has 1 heterocycles. The van der Waals surface area contributed by atoms with Gasteiger partial charge in [-0.1, -0.05) is 17.7 Å². The van der Waals surface area contributed by atoms with Crippen LogP contribution in [0.25, 0.3) is 0 Å². The van der Waals surface area contributed by atoms with Gasteiger partial charge in [-0.15, -0.1) is 0 Å². The zero-order valence-corrected chi connectivity index (χ0v) is 12.7. The number of hydrogen-bond donors (Lipinski definition) is 2. The maximum Gasteiger partial charge on any atom is 0.307 e. The molecule has 0 bridgehead atoms. The van der Waals surface area contributed by atoms with E-state index in [0.29, 0.717) is 19.5 Å². The Morgan fingerprint density at radius 1 is 1.38 bits per heavy atom. The van der Waals surface area contributed by atoms with Crippen molar-refractivity contribution in [3.63, 3.8) is 0 Å². The molecule has 2 N–H and O–H groups in total. The maximum absolute atomic E-state index is 12.3. The molecule has 1 saturated heterocycles. The van der Waals surface area contributed by atoms with Crippen LogP contribution in [-0.4, -0.2) is 41.0 Å². The van der Waals surface area contributed by atoms with Crippen LogP contribution < -0.4 is 5.32 Å². The Morgan fingerprint density at radius 3 is 2.67 bits per heavy atom. The predicted octanol–water partition coefficient (Wildman–Crippen LogP) is 2.04. The number of anilines is 1. The number of aliphatic carboxylic acids is 1. The molecule has 21 heavy (non-hydrogen) atoms. The molecule has 0 radical (unpaired) electrons. The number of rotatable bonds is 4. The average Bonchev–Trinajstić information content (AvgIpc) is 2.90. The number of nitrogens with zero attached hydrogens (tertiary/aromatic N) is 1. The fraction of sp³-hybridized carbons (Fsp3) is 0.500. The van der Waals surface area contributed by atoms with Crippen molar-refractivity contribution in [2.75, 3.05) is 18.4 Å². The Bertz CT molecular complexity index is 556. The molecular weight excluding hydrogens is 268 g/mol. The molecule has 5 heteroatoms. The van der Waals surface area contributed by atoms with Gasteiger partial charge in [0.15, 0.2) is 0 Å². The summed E-state index contributed by atoms with van der Waals surface area (Å²) in [5.41, 5.74) is 2.99. The van der Waals surface area contributed by atoms with Crippen LogP contribution in [-0.2, 0) is 9.59 Å². The number of carboxylic acid groups (broad SMARTS) is 1. The highest BCUT2D eigenvalue weighted by molar-refractivity contribution is 5.95. The van der Waals surface area contributed by atoms with Crippen LogP contribution in [0.2, 0.25) is 0 Å². The van der Waals surface area contributed by atoms with Crippen molar-refractivity contribution in [1.82, 2.24) is 4.90 Å². The number of hydrogen-bond acceptors (Lipinski definition) is 3. The smallest absolute Gasteiger partial charge is 0.307 e. The van der Waals surface area contributed by atoms with E-state index in [-0.39, 0.29) is 17.9 Å². The van der Waals surface area contributed by atoms with Gasteiger partial charge in [0.2, 0.25) is 5.91 Å². The van der Waals surface area contributed by atoms with Gasteiger partial charge in [-0.2, -0.15) is 0 Å². The molecule has 2 rings (SSSR count). The predicted molar refractivity (Wildman–Crippen MR) is 81.3 cm³/mol. The van der Waals surface area contributed by atoms with Gasteiger partial charge in [-0.05, 0) is 45.4 Å². The van der Waals surface area contributed by atoms with E-state index in [1.807, 2.05) is 43.9 Å². The zero-order chi connectivity index (χ0) is 15.6. The molecule has 5 nitrogen and oxygen atoms in total. The first-order valence-electron chi connectivity index (χ1n) is 7.23. The summed E-state index contributed by atoms with van der Waals surface area (Å²) in [6.07, 6.45) is 0.608. The fourth-order valence-corrected chi connectivity index (χ4v) is 2.70. The number of amides is 1.